The first kappa shape index (κ1) is 17.7. The summed E-state index contributed by atoms with van der Waals surface area (Å²) in [6.45, 7) is 2.39. The number of hydrogen-bond donors (Lipinski definition) is 1. The van der Waals surface area contributed by atoms with Gasteiger partial charge in [0.2, 0.25) is 17.1 Å². The zero-order valence-corrected chi connectivity index (χ0v) is 15.2. The number of anilines is 1. The van der Waals surface area contributed by atoms with Crippen molar-refractivity contribution in [2.75, 3.05) is 38.2 Å². The molecule has 1 N–H and O–H groups in total. The van der Waals surface area contributed by atoms with Crippen molar-refractivity contribution in [2.24, 2.45) is 0 Å². The van der Waals surface area contributed by atoms with Crippen LogP contribution in [0, 0.1) is 0 Å². The summed E-state index contributed by atoms with van der Waals surface area (Å²) in [5.74, 6) is 0.749. The number of rotatable bonds is 4. The van der Waals surface area contributed by atoms with Crippen LogP contribution in [0.25, 0.3) is 0 Å². The molecule has 1 unspecified atom stereocenters. The molecule has 0 spiro atoms. The third kappa shape index (κ3) is 4.17. The number of aromatic nitrogens is 2. The first-order valence-corrected chi connectivity index (χ1v) is 9.38. The van der Waals surface area contributed by atoms with Gasteiger partial charge in [-0.25, -0.2) is 0 Å². The van der Waals surface area contributed by atoms with Gasteiger partial charge in [0.25, 0.3) is 5.91 Å². The van der Waals surface area contributed by atoms with Crippen molar-refractivity contribution in [1.29, 1.82) is 0 Å². The van der Waals surface area contributed by atoms with Crippen molar-refractivity contribution < 1.29 is 23.8 Å². The second kappa shape index (κ2) is 7.89. The number of fused-ring (bicyclic) bond motifs is 1. The Bertz CT molecular complexity index is 836. The van der Waals surface area contributed by atoms with Gasteiger partial charge in [0.05, 0.1) is 19.6 Å². The normalized spacial score (nSPS) is 18.8. The van der Waals surface area contributed by atoms with Crippen molar-refractivity contribution in [3.8, 4) is 11.5 Å². The number of nitrogens with zero attached hydrogens (tertiary/aromatic N) is 3. The van der Waals surface area contributed by atoms with E-state index in [1.165, 1.54) is 11.3 Å². The molecule has 4 rings (SSSR count). The smallest absolute Gasteiger partial charge is 0.270 e. The quantitative estimate of drug-likeness (QED) is 0.820. The van der Waals surface area contributed by atoms with Crippen LogP contribution in [0.3, 0.4) is 0 Å². The molecule has 0 bridgehead atoms. The van der Waals surface area contributed by atoms with Gasteiger partial charge in [-0.1, -0.05) is 23.5 Å². The summed E-state index contributed by atoms with van der Waals surface area (Å²) in [5, 5.41) is 11.5. The molecule has 1 aromatic carbocycles. The first-order chi connectivity index (χ1) is 13.2. The van der Waals surface area contributed by atoms with E-state index < -0.39 is 6.10 Å². The number of ether oxygens (including phenoxy) is 3. The molecule has 1 atom stereocenters. The summed E-state index contributed by atoms with van der Waals surface area (Å²) in [5.41, 5.74) is 0. The maximum absolute atomic E-state index is 12.4. The summed E-state index contributed by atoms with van der Waals surface area (Å²) < 4.78 is 16.4. The molecule has 1 fully saturated rings. The van der Waals surface area contributed by atoms with E-state index in [1.54, 1.807) is 17.0 Å². The predicted octanol–water partition coefficient (Wildman–Crippen LogP) is 0.718. The summed E-state index contributed by atoms with van der Waals surface area (Å²) in [4.78, 5) is 26.4. The molecule has 142 valence electrons. The molecule has 0 radical (unpaired) electrons. The van der Waals surface area contributed by atoms with E-state index in [4.69, 9.17) is 14.2 Å². The van der Waals surface area contributed by atoms with Gasteiger partial charge in [-0.15, -0.1) is 10.2 Å². The Labute approximate surface area is 159 Å². The summed E-state index contributed by atoms with van der Waals surface area (Å²) in [6, 6.07) is 7.18. The zero-order valence-electron chi connectivity index (χ0n) is 14.4. The van der Waals surface area contributed by atoms with E-state index in [9.17, 15) is 9.59 Å². The van der Waals surface area contributed by atoms with E-state index in [-0.39, 0.29) is 24.8 Å². The van der Waals surface area contributed by atoms with Crippen LogP contribution < -0.4 is 14.8 Å². The number of amides is 2. The molecule has 2 aliphatic heterocycles. The van der Waals surface area contributed by atoms with Gasteiger partial charge < -0.3 is 19.1 Å². The summed E-state index contributed by atoms with van der Waals surface area (Å²) >= 11 is 1.17. The molecule has 1 saturated heterocycles. The topological polar surface area (TPSA) is 103 Å². The highest BCUT2D eigenvalue weighted by Crippen LogP contribution is 2.31. The van der Waals surface area contributed by atoms with Crippen LogP contribution in [0.1, 0.15) is 5.01 Å². The fraction of sp³-hybridized carbons (Fsp3) is 0.412. The van der Waals surface area contributed by atoms with Gasteiger partial charge in [-0.2, -0.15) is 0 Å². The van der Waals surface area contributed by atoms with Gasteiger partial charge in [-0.3, -0.25) is 14.9 Å². The fourth-order valence-corrected chi connectivity index (χ4v) is 3.50. The van der Waals surface area contributed by atoms with Crippen molar-refractivity contribution in [1.82, 2.24) is 15.1 Å². The molecule has 27 heavy (non-hydrogen) atoms. The van der Waals surface area contributed by atoms with Gasteiger partial charge in [0.1, 0.15) is 11.6 Å². The molecule has 9 nitrogen and oxygen atoms in total. The molecule has 2 aliphatic rings. The average molecular weight is 390 g/mol. The highest BCUT2D eigenvalue weighted by molar-refractivity contribution is 7.15. The Hall–Kier alpha value is -2.72. The van der Waals surface area contributed by atoms with Crippen molar-refractivity contribution in [3.05, 3.63) is 29.3 Å². The van der Waals surface area contributed by atoms with Gasteiger partial charge in [0, 0.05) is 13.1 Å². The maximum atomic E-state index is 12.4. The second-order valence-corrected chi connectivity index (χ2v) is 7.09. The number of carbonyl (C=O) groups is 2. The molecular formula is C17H18N4O5S. The van der Waals surface area contributed by atoms with Crippen LogP contribution in [0.4, 0.5) is 5.13 Å². The lowest BCUT2D eigenvalue weighted by atomic mass is 10.2. The Morgan fingerprint density at radius 2 is 1.96 bits per heavy atom. The van der Waals surface area contributed by atoms with Crippen molar-refractivity contribution in [2.45, 2.75) is 12.5 Å². The minimum Gasteiger partial charge on any atom is -0.485 e. The molecule has 1 aromatic heterocycles. The number of carbonyl (C=O) groups excluding carboxylic acids is 2. The summed E-state index contributed by atoms with van der Waals surface area (Å²) in [6.07, 6.45) is -0.619. The van der Waals surface area contributed by atoms with Crippen molar-refractivity contribution in [3.63, 3.8) is 0 Å². The third-order valence-electron chi connectivity index (χ3n) is 4.16. The Kier molecular flexibility index (Phi) is 5.16. The monoisotopic (exact) mass is 390 g/mol. The molecule has 3 heterocycles. The first-order valence-electron chi connectivity index (χ1n) is 8.56. The van der Waals surface area contributed by atoms with Gasteiger partial charge in [0.15, 0.2) is 11.5 Å². The van der Waals surface area contributed by atoms with Crippen LogP contribution >= 0.6 is 11.3 Å². The molecule has 2 amide bonds. The minimum atomic E-state index is -0.776. The third-order valence-corrected chi connectivity index (χ3v) is 5.00. The zero-order chi connectivity index (χ0) is 18.6. The lowest BCUT2D eigenvalue weighted by Gasteiger charge is -2.26. The second-order valence-electron chi connectivity index (χ2n) is 6.02. The number of nitrogens with one attached hydrogen (secondary N) is 1. The highest BCUT2D eigenvalue weighted by atomic mass is 32.1. The fourth-order valence-electron chi connectivity index (χ4n) is 2.76. The van der Waals surface area contributed by atoms with Crippen LogP contribution in [-0.4, -0.2) is 65.9 Å². The molecular weight excluding hydrogens is 372 g/mol. The number of para-hydroxylation sites is 2. The van der Waals surface area contributed by atoms with Crippen molar-refractivity contribution >= 4 is 28.3 Å². The van der Waals surface area contributed by atoms with E-state index in [1.807, 2.05) is 12.1 Å². The molecule has 10 heteroatoms. The largest absolute Gasteiger partial charge is 0.485 e. The van der Waals surface area contributed by atoms with E-state index in [0.29, 0.717) is 47.9 Å². The van der Waals surface area contributed by atoms with E-state index in [0.717, 1.165) is 0 Å². The van der Waals surface area contributed by atoms with E-state index in [2.05, 4.69) is 15.5 Å². The molecule has 0 aliphatic carbocycles. The Morgan fingerprint density at radius 1 is 1.19 bits per heavy atom. The van der Waals surface area contributed by atoms with Crippen LogP contribution in [0.2, 0.25) is 0 Å². The Balaban J connectivity index is 1.32. The number of benzene rings is 1. The average Bonchev–Trinajstić information content (AvgIpc) is 3.15. The van der Waals surface area contributed by atoms with Crippen LogP contribution in [-0.2, 0) is 20.7 Å². The van der Waals surface area contributed by atoms with Crippen LogP contribution in [0.5, 0.6) is 11.5 Å². The molecule has 0 saturated carbocycles. The van der Waals surface area contributed by atoms with Crippen LogP contribution in [0.15, 0.2) is 24.3 Å². The lowest BCUT2D eigenvalue weighted by Crippen LogP contribution is -2.41. The predicted molar refractivity (Wildman–Crippen MR) is 96.0 cm³/mol. The SMILES string of the molecule is O=C(Nc1nnc(CC(=O)N2CCOCC2)s1)C1COc2ccccc2O1. The van der Waals surface area contributed by atoms with Gasteiger partial charge >= 0.3 is 0 Å². The minimum absolute atomic E-state index is 0.0204. The lowest BCUT2D eigenvalue weighted by molar-refractivity contribution is -0.134. The number of morpholine rings is 1. The van der Waals surface area contributed by atoms with E-state index >= 15 is 0 Å². The summed E-state index contributed by atoms with van der Waals surface area (Å²) in [7, 11) is 0. The Morgan fingerprint density at radius 3 is 2.78 bits per heavy atom. The van der Waals surface area contributed by atoms with Gasteiger partial charge in [-0.05, 0) is 12.1 Å². The molecule has 2 aromatic rings. The maximum Gasteiger partial charge on any atom is 0.270 e. The standard InChI is InChI=1S/C17H18N4O5S/c22-15(21-5-7-24-8-6-21)9-14-19-20-17(27-14)18-16(23)13-10-25-11-3-1-2-4-12(11)26-13/h1-4,13H,5-10H2,(H,18,20,23). The highest BCUT2D eigenvalue weighted by Gasteiger charge is 2.28. The number of hydrogen-bond acceptors (Lipinski definition) is 8.